The number of hydrogen-bond donors (Lipinski definition) is 2. The average Bonchev–Trinajstić information content (AvgIpc) is 2.71. The molecule has 0 bridgehead atoms. The van der Waals surface area contributed by atoms with Gasteiger partial charge in [-0.05, 0) is 69.7 Å². The van der Waals surface area contributed by atoms with Crippen LogP contribution in [0.5, 0.6) is 0 Å². The van der Waals surface area contributed by atoms with Gasteiger partial charge in [0.2, 0.25) is 0 Å². The lowest BCUT2D eigenvalue weighted by Crippen LogP contribution is -2.64. The minimum Gasteiger partial charge on any atom is -0.396 e. The highest BCUT2D eigenvalue weighted by Crippen LogP contribution is 2.42. The number of aliphatic hydroxyl groups excluding tert-OH is 1. The van der Waals surface area contributed by atoms with E-state index in [0.717, 1.165) is 75.8 Å². The summed E-state index contributed by atoms with van der Waals surface area (Å²) in [5, 5.41) is 10.2. The second kappa shape index (κ2) is 7.40. The number of aromatic nitrogens is 1. The fraction of sp³-hybridized carbons (Fsp3) is 0.714. The Kier molecular flexibility index (Phi) is 5.12. The zero-order valence-electron chi connectivity index (χ0n) is 16.3. The van der Waals surface area contributed by atoms with Gasteiger partial charge in [-0.1, -0.05) is 6.92 Å². The van der Waals surface area contributed by atoms with Gasteiger partial charge in [0.1, 0.15) is 5.56 Å². The van der Waals surface area contributed by atoms with E-state index in [1.165, 1.54) is 0 Å². The maximum absolute atomic E-state index is 13.4. The first-order chi connectivity index (χ1) is 13.1. The van der Waals surface area contributed by atoms with Crippen molar-refractivity contribution in [2.24, 2.45) is 5.41 Å². The number of nitrogens with zero attached hydrogens (tertiary/aromatic N) is 2. The number of piperidine rings is 2. The third-order valence-corrected chi connectivity index (χ3v) is 7.11. The summed E-state index contributed by atoms with van der Waals surface area (Å²) in [5.74, 6) is -0.162. The predicted molar refractivity (Wildman–Crippen MR) is 104 cm³/mol. The van der Waals surface area contributed by atoms with Crippen LogP contribution in [0.25, 0.3) is 0 Å². The first-order valence-corrected chi connectivity index (χ1v) is 10.5. The third-order valence-electron chi connectivity index (χ3n) is 7.11. The largest absolute Gasteiger partial charge is 0.396 e. The van der Waals surface area contributed by atoms with E-state index in [1.807, 2.05) is 11.0 Å². The maximum Gasteiger partial charge on any atom is 0.261 e. The molecule has 2 atom stereocenters. The van der Waals surface area contributed by atoms with Crippen LogP contribution >= 0.6 is 0 Å². The zero-order chi connectivity index (χ0) is 19.0. The van der Waals surface area contributed by atoms with Crippen molar-refractivity contribution in [1.82, 2.24) is 14.8 Å². The van der Waals surface area contributed by atoms with Crippen LogP contribution < -0.4 is 5.56 Å². The van der Waals surface area contributed by atoms with Gasteiger partial charge in [-0.25, -0.2) is 0 Å². The molecule has 4 rings (SSSR count). The molecular formula is C21H31N3O3. The molecule has 1 aliphatic carbocycles. The topological polar surface area (TPSA) is 76.6 Å². The number of fused-ring (bicyclic) bond motifs is 2. The van der Waals surface area contributed by atoms with E-state index < -0.39 is 0 Å². The van der Waals surface area contributed by atoms with Crippen LogP contribution in [0.3, 0.4) is 0 Å². The van der Waals surface area contributed by atoms with Crippen molar-refractivity contribution in [3.63, 3.8) is 0 Å². The van der Waals surface area contributed by atoms with Crippen LogP contribution in [0.1, 0.15) is 60.6 Å². The Bertz CT molecular complexity index is 774. The molecule has 6 heteroatoms. The van der Waals surface area contributed by atoms with Gasteiger partial charge in [0, 0.05) is 24.2 Å². The number of likely N-dealkylation sites (N-methyl/N-ethyl adjacent to an activating group) is 1. The summed E-state index contributed by atoms with van der Waals surface area (Å²) < 4.78 is 0. The molecule has 6 nitrogen and oxygen atoms in total. The van der Waals surface area contributed by atoms with E-state index >= 15 is 0 Å². The Labute approximate surface area is 160 Å². The van der Waals surface area contributed by atoms with Gasteiger partial charge < -0.3 is 19.9 Å². The number of likely N-dealkylation sites (tertiary alicyclic amines) is 2. The fourth-order valence-electron chi connectivity index (χ4n) is 5.34. The lowest BCUT2D eigenvalue weighted by atomic mass is 9.68. The summed E-state index contributed by atoms with van der Waals surface area (Å²) >= 11 is 0. The van der Waals surface area contributed by atoms with Gasteiger partial charge in [0.15, 0.2) is 0 Å². The molecule has 2 aliphatic heterocycles. The molecule has 0 spiro atoms. The van der Waals surface area contributed by atoms with Crippen LogP contribution in [0.15, 0.2) is 10.9 Å². The van der Waals surface area contributed by atoms with E-state index in [0.29, 0.717) is 6.54 Å². The fourth-order valence-corrected chi connectivity index (χ4v) is 5.34. The molecule has 0 radical (unpaired) electrons. The SMILES string of the molecule is CCN1CC[C@@]2(CO)CCCN(C(=O)c3cc4c([nH]c3=O)CCCC4)[C@@H]2C1. The first-order valence-electron chi connectivity index (χ1n) is 10.5. The Morgan fingerprint density at radius 1 is 1.26 bits per heavy atom. The highest BCUT2D eigenvalue weighted by atomic mass is 16.3. The third kappa shape index (κ3) is 3.23. The highest BCUT2D eigenvalue weighted by Gasteiger charge is 2.49. The normalized spacial score (nSPS) is 28.5. The zero-order valence-corrected chi connectivity index (χ0v) is 16.3. The second-order valence-corrected chi connectivity index (χ2v) is 8.50. The van der Waals surface area contributed by atoms with Crippen molar-refractivity contribution in [3.05, 3.63) is 33.2 Å². The van der Waals surface area contributed by atoms with Crippen molar-refractivity contribution in [3.8, 4) is 0 Å². The van der Waals surface area contributed by atoms with Gasteiger partial charge in [0.25, 0.3) is 11.5 Å². The number of aliphatic hydroxyl groups is 1. The van der Waals surface area contributed by atoms with Crippen molar-refractivity contribution < 1.29 is 9.90 Å². The van der Waals surface area contributed by atoms with Crippen molar-refractivity contribution in [1.29, 1.82) is 0 Å². The maximum atomic E-state index is 13.4. The number of nitrogens with one attached hydrogen (secondary N) is 1. The number of hydrogen-bond acceptors (Lipinski definition) is 4. The molecular weight excluding hydrogens is 342 g/mol. The highest BCUT2D eigenvalue weighted by molar-refractivity contribution is 5.94. The number of H-pyrrole nitrogens is 1. The van der Waals surface area contributed by atoms with E-state index in [4.69, 9.17) is 0 Å². The molecule has 1 amide bonds. The summed E-state index contributed by atoms with van der Waals surface area (Å²) in [5.41, 5.74) is 1.91. The molecule has 2 N–H and O–H groups in total. The molecule has 0 saturated carbocycles. The molecule has 3 aliphatic rings. The number of amides is 1. The van der Waals surface area contributed by atoms with E-state index in [2.05, 4.69) is 16.8 Å². The number of aromatic amines is 1. The van der Waals surface area contributed by atoms with Crippen molar-refractivity contribution in [2.45, 2.75) is 57.9 Å². The van der Waals surface area contributed by atoms with Crippen molar-refractivity contribution in [2.75, 3.05) is 32.8 Å². The van der Waals surface area contributed by atoms with Gasteiger partial charge in [-0.3, -0.25) is 9.59 Å². The van der Waals surface area contributed by atoms with Crippen LogP contribution in [-0.2, 0) is 12.8 Å². The smallest absolute Gasteiger partial charge is 0.261 e. The monoisotopic (exact) mass is 373 g/mol. The molecule has 0 aromatic carbocycles. The Hall–Kier alpha value is -1.66. The molecule has 2 fully saturated rings. The lowest BCUT2D eigenvalue weighted by Gasteiger charge is -2.54. The number of carbonyl (C=O) groups excluding carboxylic acids is 1. The number of carbonyl (C=O) groups is 1. The summed E-state index contributed by atoms with van der Waals surface area (Å²) in [7, 11) is 0. The number of aryl methyl sites for hydroxylation is 2. The summed E-state index contributed by atoms with van der Waals surface area (Å²) in [6, 6.07) is 1.82. The molecule has 0 unspecified atom stereocenters. The minimum absolute atomic E-state index is 0.0205. The molecule has 27 heavy (non-hydrogen) atoms. The molecule has 3 heterocycles. The van der Waals surface area contributed by atoms with E-state index in [1.54, 1.807) is 0 Å². The molecule has 1 aromatic heterocycles. The lowest BCUT2D eigenvalue weighted by molar-refractivity contribution is -0.0628. The van der Waals surface area contributed by atoms with Gasteiger partial charge in [-0.15, -0.1) is 0 Å². The van der Waals surface area contributed by atoms with Crippen LogP contribution in [0.4, 0.5) is 0 Å². The summed E-state index contributed by atoms with van der Waals surface area (Å²) in [6.07, 6.45) is 6.78. The Morgan fingerprint density at radius 3 is 2.85 bits per heavy atom. The Balaban J connectivity index is 1.67. The predicted octanol–water partition coefficient (Wildman–Crippen LogP) is 1.56. The van der Waals surface area contributed by atoms with Crippen LogP contribution in [-0.4, -0.2) is 64.6 Å². The standard InChI is InChI=1S/C21H31N3O3/c1-2-23-11-9-21(14-25)8-5-10-24(18(21)13-23)20(27)16-12-15-6-3-4-7-17(15)22-19(16)26/h12,18,25H,2-11,13-14H2,1H3,(H,22,26)/t18-,21-/m1/s1. The van der Waals surface area contributed by atoms with Crippen molar-refractivity contribution >= 4 is 5.91 Å². The Morgan fingerprint density at radius 2 is 2.07 bits per heavy atom. The molecule has 2 saturated heterocycles. The number of rotatable bonds is 3. The summed E-state index contributed by atoms with van der Waals surface area (Å²) in [6.45, 7) is 5.61. The first kappa shape index (κ1) is 18.7. The second-order valence-electron chi connectivity index (χ2n) is 8.50. The van der Waals surface area contributed by atoms with E-state index in [-0.39, 0.29) is 35.1 Å². The molecule has 148 valence electrons. The van der Waals surface area contributed by atoms with Gasteiger partial charge >= 0.3 is 0 Å². The van der Waals surface area contributed by atoms with Gasteiger partial charge in [-0.2, -0.15) is 0 Å². The van der Waals surface area contributed by atoms with E-state index in [9.17, 15) is 14.7 Å². The van der Waals surface area contributed by atoms with Crippen LogP contribution in [0, 0.1) is 5.41 Å². The average molecular weight is 373 g/mol. The molecule has 1 aromatic rings. The van der Waals surface area contributed by atoms with Gasteiger partial charge in [0.05, 0.1) is 12.6 Å². The van der Waals surface area contributed by atoms with Crippen LogP contribution in [0.2, 0.25) is 0 Å². The minimum atomic E-state index is -0.260. The number of pyridine rings is 1. The quantitative estimate of drug-likeness (QED) is 0.843. The summed E-state index contributed by atoms with van der Waals surface area (Å²) in [4.78, 5) is 33.3.